The molecule has 2 N–H and O–H groups in total. The number of nitrogens with zero attached hydrogens (tertiary/aromatic N) is 3. The molecule has 1 saturated carbocycles. The highest BCUT2D eigenvalue weighted by molar-refractivity contribution is 5.29. The Morgan fingerprint density at radius 3 is 2.75 bits per heavy atom. The molecule has 0 aliphatic heterocycles. The van der Waals surface area contributed by atoms with Crippen LogP contribution in [0.1, 0.15) is 31.3 Å². The van der Waals surface area contributed by atoms with Gasteiger partial charge in [0, 0.05) is 17.8 Å². The van der Waals surface area contributed by atoms with E-state index in [1.54, 1.807) is 6.07 Å². The van der Waals surface area contributed by atoms with Crippen molar-refractivity contribution in [2.45, 2.75) is 39.3 Å². The van der Waals surface area contributed by atoms with Crippen molar-refractivity contribution in [1.82, 2.24) is 14.9 Å². The molecule has 88 valence electrons. The Hall–Kier alpha value is -1.16. The zero-order chi connectivity index (χ0) is 11.7. The number of hydrogen-bond acceptors (Lipinski definition) is 4. The first-order valence-electron chi connectivity index (χ1n) is 5.86. The average Bonchev–Trinajstić information content (AvgIpc) is 2.97. The second kappa shape index (κ2) is 4.37. The molecule has 0 aromatic carbocycles. The van der Waals surface area contributed by atoms with Crippen molar-refractivity contribution in [3.05, 3.63) is 17.6 Å². The van der Waals surface area contributed by atoms with Crippen LogP contribution in [-0.4, -0.2) is 28.0 Å². The van der Waals surface area contributed by atoms with Crippen LogP contribution >= 0.6 is 0 Å². The predicted molar refractivity (Wildman–Crippen MR) is 64.8 cm³/mol. The van der Waals surface area contributed by atoms with Gasteiger partial charge in [0.25, 0.3) is 0 Å². The highest BCUT2D eigenvalue weighted by atomic mass is 15.2. The van der Waals surface area contributed by atoms with Gasteiger partial charge in [0.2, 0.25) is 0 Å². The predicted octanol–water partition coefficient (Wildman–Crippen LogP) is 1.60. The Kier molecular flexibility index (Phi) is 3.10. The third-order valence-electron chi connectivity index (χ3n) is 3.31. The van der Waals surface area contributed by atoms with Gasteiger partial charge >= 0.3 is 0 Å². The van der Waals surface area contributed by atoms with Crippen molar-refractivity contribution in [3.8, 4) is 0 Å². The summed E-state index contributed by atoms with van der Waals surface area (Å²) >= 11 is 0. The van der Waals surface area contributed by atoms with E-state index in [0.29, 0.717) is 11.9 Å². The van der Waals surface area contributed by atoms with Crippen LogP contribution < -0.4 is 5.73 Å². The van der Waals surface area contributed by atoms with Crippen LogP contribution in [0.25, 0.3) is 0 Å². The van der Waals surface area contributed by atoms with Gasteiger partial charge in [-0.2, -0.15) is 0 Å². The van der Waals surface area contributed by atoms with Crippen molar-refractivity contribution in [2.75, 3.05) is 12.8 Å². The van der Waals surface area contributed by atoms with Gasteiger partial charge in [0.15, 0.2) is 0 Å². The first-order chi connectivity index (χ1) is 7.56. The van der Waals surface area contributed by atoms with Gasteiger partial charge in [0.1, 0.15) is 11.6 Å². The Labute approximate surface area is 96.9 Å². The summed E-state index contributed by atoms with van der Waals surface area (Å²) in [6.45, 7) is 5.01. The lowest BCUT2D eigenvalue weighted by molar-refractivity contribution is 0.221. The highest BCUT2D eigenvalue weighted by Crippen LogP contribution is 2.34. The highest BCUT2D eigenvalue weighted by Gasteiger charge is 2.30. The number of nitrogens with two attached hydrogens (primary N) is 1. The monoisotopic (exact) mass is 220 g/mol. The van der Waals surface area contributed by atoms with Gasteiger partial charge in [-0.25, -0.2) is 9.97 Å². The number of anilines is 1. The topological polar surface area (TPSA) is 55.0 Å². The number of aromatic nitrogens is 2. The number of rotatable bonds is 4. The zero-order valence-electron chi connectivity index (χ0n) is 10.3. The van der Waals surface area contributed by atoms with E-state index in [0.717, 1.165) is 24.0 Å². The van der Waals surface area contributed by atoms with Crippen LogP contribution in [0.3, 0.4) is 0 Å². The molecular formula is C12H20N4. The normalized spacial score (nSPS) is 17.8. The summed E-state index contributed by atoms with van der Waals surface area (Å²) in [6, 6.07) is 2.42. The van der Waals surface area contributed by atoms with Crippen LogP contribution in [0.15, 0.2) is 6.07 Å². The summed E-state index contributed by atoms with van der Waals surface area (Å²) in [7, 11) is 2.13. The SMILES string of the molecule is Cc1cc(N)nc(CN(C)C(C)C2CC2)n1. The van der Waals surface area contributed by atoms with E-state index in [4.69, 9.17) is 5.73 Å². The Morgan fingerprint density at radius 2 is 2.19 bits per heavy atom. The van der Waals surface area contributed by atoms with E-state index >= 15 is 0 Å². The molecule has 1 heterocycles. The van der Waals surface area contributed by atoms with Crippen LogP contribution in [-0.2, 0) is 6.54 Å². The van der Waals surface area contributed by atoms with E-state index < -0.39 is 0 Å². The number of hydrogen-bond donors (Lipinski definition) is 1. The van der Waals surface area contributed by atoms with E-state index in [9.17, 15) is 0 Å². The molecule has 1 unspecified atom stereocenters. The Morgan fingerprint density at radius 1 is 1.50 bits per heavy atom. The third kappa shape index (κ3) is 2.70. The fourth-order valence-corrected chi connectivity index (χ4v) is 2.03. The average molecular weight is 220 g/mol. The molecule has 1 aliphatic rings. The molecule has 0 radical (unpaired) electrons. The van der Waals surface area contributed by atoms with E-state index in [-0.39, 0.29) is 0 Å². The Balaban J connectivity index is 2.01. The van der Waals surface area contributed by atoms with E-state index in [1.165, 1.54) is 12.8 Å². The smallest absolute Gasteiger partial charge is 0.144 e. The second-order valence-electron chi connectivity index (χ2n) is 4.84. The van der Waals surface area contributed by atoms with E-state index in [2.05, 4.69) is 28.8 Å². The standard InChI is InChI=1S/C12H20N4/c1-8-6-11(13)15-12(14-8)7-16(3)9(2)10-4-5-10/h6,9-10H,4-5,7H2,1-3H3,(H2,13,14,15). The van der Waals surface area contributed by atoms with Gasteiger partial charge in [-0.05, 0) is 39.7 Å². The van der Waals surface area contributed by atoms with Crippen molar-refractivity contribution in [1.29, 1.82) is 0 Å². The molecule has 1 aliphatic carbocycles. The van der Waals surface area contributed by atoms with Crippen molar-refractivity contribution < 1.29 is 0 Å². The summed E-state index contributed by atoms with van der Waals surface area (Å²) in [6.07, 6.45) is 2.73. The first kappa shape index (κ1) is 11.3. The minimum Gasteiger partial charge on any atom is -0.384 e. The fourth-order valence-electron chi connectivity index (χ4n) is 2.03. The number of nitrogen functional groups attached to an aromatic ring is 1. The largest absolute Gasteiger partial charge is 0.384 e. The lowest BCUT2D eigenvalue weighted by Crippen LogP contribution is -2.31. The quantitative estimate of drug-likeness (QED) is 0.837. The molecule has 1 aromatic rings. The minimum absolute atomic E-state index is 0.565. The molecular weight excluding hydrogens is 200 g/mol. The molecule has 0 amide bonds. The summed E-state index contributed by atoms with van der Waals surface area (Å²) in [5, 5.41) is 0. The van der Waals surface area contributed by atoms with Crippen LogP contribution in [0.2, 0.25) is 0 Å². The van der Waals surface area contributed by atoms with Gasteiger partial charge in [-0.1, -0.05) is 0 Å². The molecule has 1 fully saturated rings. The minimum atomic E-state index is 0.565. The maximum absolute atomic E-state index is 5.71. The van der Waals surface area contributed by atoms with Gasteiger partial charge < -0.3 is 5.73 Å². The molecule has 2 rings (SSSR count). The molecule has 16 heavy (non-hydrogen) atoms. The van der Waals surface area contributed by atoms with Gasteiger partial charge in [-0.3, -0.25) is 4.90 Å². The molecule has 0 spiro atoms. The van der Waals surface area contributed by atoms with Crippen molar-refractivity contribution in [3.63, 3.8) is 0 Å². The zero-order valence-corrected chi connectivity index (χ0v) is 10.3. The van der Waals surface area contributed by atoms with Gasteiger partial charge in [0.05, 0.1) is 6.54 Å². The maximum Gasteiger partial charge on any atom is 0.144 e. The summed E-state index contributed by atoms with van der Waals surface area (Å²) in [5.41, 5.74) is 6.65. The molecule has 4 nitrogen and oxygen atoms in total. The fraction of sp³-hybridized carbons (Fsp3) is 0.667. The van der Waals surface area contributed by atoms with Gasteiger partial charge in [-0.15, -0.1) is 0 Å². The maximum atomic E-state index is 5.71. The summed E-state index contributed by atoms with van der Waals surface area (Å²) in [5.74, 6) is 2.26. The molecule has 1 aromatic heterocycles. The molecule has 0 saturated heterocycles. The second-order valence-corrected chi connectivity index (χ2v) is 4.84. The third-order valence-corrected chi connectivity index (χ3v) is 3.31. The van der Waals surface area contributed by atoms with Crippen LogP contribution in [0.5, 0.6) is 0 Å². The molecule has 4 heteroatoms. The van der Waals surface area contributed by atoms with E-state index in [1.807, 2.05) is 6.92 Å². The molecule has 1 atom stereocenters. The lowest BCUT2D eigenvalue weighted by atomic mass is 10.2. The van der Waals surface area contributed by atoms with Crippen LogP contribution in [0, 0.1) is 12.8 Å². The number of aryl methyl sites for hydroxylation is 1. The van der Waals surface area contributed by atoms with Crippen molar-refractivity contribution >= 4 is 5.82 Å². The van der Waals surface area contributed by atoms with Crippen LogP contribution in [0.4, 0.5) is 5.82 Å². The van der Waals surface area contributed by atoms with Crippen molar-refractivity contribution in [2.24, 2.45) is 5.92 Å². The summed E-state index contributed by atoms with van der Waals surface area (Å²) < 4.78 is 0. The Bertz CT molecular complexity index is 353. The first-order valence-corrected chi connectivity index (χ1v) is 5.86. The lowest BCUT2D eigenvalue weighted by Gasteiger charge is -2.23. The summed E-state index contributed by atoms with van der Waals surface area (Å²) in [4.78, 5) is 11.0. The molecule has 0 bridgehead atoms.